The Morgan fingerprint density at radius 3 is 1.96 bits per heavy atom. The molecule has 0 bridgehead atoms. The minimum absolute atomic E-state index is 0.0145. The van der Waals surface area contributed by atoms with Gasteiger partial charge in [0.15, 0.2) is 0 Å². The summed E-state index contributed by atoms with van der Waals surface area (Å²) < 4.78 is 0. The first kappa shape index (κ1) is 19.5. The average Bonchev–Trinajstić information content (AvgIpc) is 2.62. The van der Waals surface area contributed by atoms with Crippen molar-refractivity contribution < 1.29 is 9.59 Å². The minimum atomic E-state index is -0.435. The van der Waals surface area contributed by atoms with Crippen LogP contribution in [0.3, 0.4) is 0 Å². The highest BCUT2D eigenvalue weighted by atomic mass is 16.2. The third-order valence-electron chi connectivity index (χ3n) is 3.99. The number of nitrogens with one attached hydrogen (secondary N) is 3. The molecule has 0 heterocycles. The van der Waals surface area contributed by atoms with Crippen LogP contribution in [0, 0.1) is 5.92 Å². The van der Waals surface area contributed by atoms with Gasteiger partial charge in [0.25, 0.3) is 0 Å². The molecule has 0 aromatic heterocycles. The molecule has 0 fully saturated rings. The first-order valence-electron chi connectivity index (χ1n) is 8.66. The largest absolute Gasteiger partial charge is 0.336 e. The molecule has 2 rings (SSSR count). The van der Waals surface area contributed by atoms with Gasteiger partial charge in [-0.15, -0.1) is 0 Å². The second-order valence-electron chi connectivity index (χ2n) is 6.51. The maximum Gasteiger partial charge on any atom is 0.319 e. The molecule has 5 N–H and O–H groups in total. The number of carbonyl (C=O) groups excluding carboxylic acids is 2. The lowest BCUT2D eigenvalue weighted by Gasteiger charge is -2.21. The van der Waals surface area contributed by atoms with Crippen molar-refractivity contribution in [3.63, 3.8) is 0 Å². The van der Waals surface area contributed by atoms with Gasteiger partial charge < -0.3 is 21.7 Å². The summed E-state index contributed by atoms with van der Waals surface area (Å²) in [4.78, 5) is 24.6. The van der Waals surface area contributed by atoms with Crippen molar-refractivity contribution >= 4 is 23.3 Å². The lowest BCUT2D eigenvalue weighted by Crippen LogP contribution is -2.34. The number of rotatable bonds is 6. The second-order valence-corrected chi connectivity index (χ2v) is 6.51. The molecule has 0 spiro atoms. The van der Waals surface area contributed by atoms with Gasteiger partial charge >= 0.3 is 6.03 Å². The summed E-state index contributed by atoms with van der Waals surface area (Å²) in [6.07, 6.45) is 0. The van der Waals surface area contributed by atoms with Gasteiger partial charge in [0.1, 0.15) is 0 Å². The molecule has 2 aromatic carbocycles. The van der Waals surface area contributed by atoms with Crippen LogP contribution in [-0.2, 0) is 4.79 Å². The van der Waals surface area contributed by atoms with Crippen LogP contribution in [-0.4, -0.2) is 18.0 Å². The fourth-order valence-electron chi connectivity index (χ4n) is 2.50. The zero-order chi connectivity index (χ0) is 19.1. The van der Waals surface area contributed by atoms with E-state index >= 15 is 0 Å². The first-order chi connectivity index (χ1) is 12.4. The predicted molar refractivity (Wildman–Crippen MR) is 105 cm³/mol. The van der Waals surface area contributed by atoms with Gasteiger partial charge in [-0.2, -0.15) is 0 Å². The lowest BCUT2D eigenvalue weighted by atomic mass is 9.94. The van der Waals surface area contributed by atoms with E-state index in [0.717, 1.165) is 5.56 Å². The summed E-state index contributed by atoms with van der Waals surface area (Å²) in [5.74, 6) is -0.644. The normalized spacial score (nSPS) is 13.0. The molecule has 2 atom stereocenters. The third kappa shape index (κ3) is 5.32. The quantitative estimate of drug-likeness (QED) is 0.639. The van der Waals surface area contributed by atoms with Crippen LogP contribution in [0.4, 0.5) is 16.2 Å². The molecule has 138 valence electrons. The maximum atomic E-state index is 12.6. The van der Waals surface area contributed by atoms with E-state index in [1.807, 2.05) is 44.2 Å². The van der Waals surface area contributed by atoms with E-state index in [4.69, 9.17) is 5.73 Å². The zero-order valence-corrected chi connectivity index (χ0v) is 15.3. The van der Waals surface area contributed by atoms with E-state index in [9.17, 15) is 9.59 Å². The Kier molecular flexibility index (Phi) is 6.74. The number of nitrogens with two attached hydrogens (primary N) is 1. The lowest BCUT2D eigenvalue weighted by molar-refractivity contribution is -0.120. The summed E-state index contributed by atoms with van der Waals surface area (Å²) in [5.41, 5.74) is 8.19. The molecular weight excluding hydrogens is 328 g/mol. The first-order valence-corrected chi connectivity index (χ1v) is 8.66. The van der Waals surface area contributed by atoms with E-state index in [0.29, 0.717) is 11.4 Å². The highest BCUT2D eigenvalue weighted by Gasteiger charge is 2.23. The zero-order valence-electron chi connectivity index (χ0n) is 15.3. The molecule has 0 aliphatic rings. The molecule has 0 aliphatic heterocycles. The van der Waals surface area contributed by atoms with E-state index < -0.39 is 12.0 Å². The molecule has 3 amide bonds. The van der Waals surface area contributed by atoms with Crippen LogP contribution < -0.4 is 21.7 Å². The molecule has 0 radical (unpaired) electrons. The van der Waals surface area contributed by atoms with E-state index in [2.05, 4.69) is 16.0 Å². The average molecular weight is 354 g/mol. The Bertz CT molecular complexity index is 746. The summed E-state index contributed by atoms with van der Waals surface area (Å²) in [5, 5.41) is 8.36. The van der Waals surface area contributed by atoms with Crippen molar-refractivity contribution in [3.8, 4) is 0 Å². The van der Waals surface area contributed by atoms with Crippen LogP contribution in [0.5, 0.6) is 0 Å². The molecule has 2 unspecified atom stereocenters. The van der Waals surface area contributed by atoms with Crippen LogP contribution >= 0.6 is 0 Å². The summed E-state index contributed by atoms with van der Waals surface area (Å²) in [6, 6.07) is 15.8. The highest BCUT2D eigenvalue weighted by molar-refractivity contribution is 5.99. The van der Waals surface area contributed by atoms with Crippen molar-refractivity contribution in [3.05, 3.63) is 60.2 Å². The Morgan fingerprint density at radius 2 is 1.38 bits per heavy atom. The molecule has 0 saturated carbocycles. The molecule has 2 aromatic rings. The number of benzene rings is 2. The summed E-state index contributed by atoms with van der Waals surface area (Å²) >= 11 is 0. The molecule has 26 heavy (non-hydrogen) atoms. The second kappa shape index (κ2) is 9.01. The number of hydrogen-bond acceptors (Lipinski definition) is 3. The van der Waals surface area contributed by atoms with Gasteiger partial charge in [-0.3, -0.25) is 4.79 Å². The monoisotopic (exact) mass is 354 g/mol. The van der Waals surface area contributed by atoms with Gasteiger partial charge in [0.05, 0.1) is 17.3 Å². The number of para-hydroxylation sites is 2. The number of hydrogen-bond donors (Lipinski definition) is 4. The van der Waals surface area contributed by atoms with Crippen molar-refractivity contribution in [1.29, 1.82) is 0 Å². The Morgan fingerprint density at radius 1 is 0.846 bits per heavy atom. The third-order valence-corrected chi connectivity index (χ3v) is 3.99. The topological polar surface area (TPSA) is 96.2 Å². The molecule has 6 nitrogen and oxygen atoms in total. The van der Waals surface area contributed by atoms with Gasteiger partial charge in [0, 0.05) is 12.1 Å². The molecular formula is C20H26N4O2. The van der Waals surface area contributed by atoms with Crippen LogP contribution in [0.2, 0.25) is 0 Å². The maximum absolute atomic E-state index is 12.6. The molecule has 0 aliphatic carbocycles. The number of carbonyl (C=O) groups is 2. The molecule has 0 saturated heterocycles. The van der Waals surface area contributed by atoms with Crippen LogP contribution in [0.25, 0.3) is 0 Å². The standard InChI is InChI=1S/C20H26N4O2/c1-13(2)22-20(26)24-17-12-8-7-11-16(17)23-19(25)14(3)18(21)15-9-5-4-6-10-15/h4-14,18H,21H2,1-3H3,(H,23,25)(H2,22,24,26). The minimum Gasteiger partial charge on any atom is -0.336 e. The van der Waals surface area contributed by atoms with Crippen molar-refractivity contribution in [1.82, 2.24) is 5.32 Å². The Balaban J connectivity index is 2.08. The SMILES string of the molecule is CC(C)NC(=O)Nc1ccccc1NC(=O)C(C)C(N)c1ccccc1. The summed E-state index contributed by atoms with van der Waals surface area (Å²) in [6.45, 7) is 5.54. The molecule has 6 heteroatoms. The van der Waals surface area contributed by atoms with Gasteiger partial charge in [-0.05, 0) is 31.5 Å². The highest BCUT2D eigenvalue weighted by Crippen LogP contribution is 2.24. The number of urea groups is 1. The van der Waals surface area contributed by atoms with Crippen LogP contribution in [0.15, 0.2) is 54.6 Å². The van der Waals surface area contributed by atoms with Crippen LogP contribution in [0.1, 0.15) is 32.4 Å². The van der Waals surface area contributed by atoms with Gasteiger partial charge in [-0.1, -0.05) is 49.4 Å². The Labute approximate surface area is 154 Å². The van der Waals surface area contributed by atoms with Gasteiger partial charge in [-0.25, -0.2) is 4.79 Å². The van der Waals surface area contributed by atoms with E-state index in [1.165, 1.54) is 0 Å². The fraction of sp³-hybridized carbons (Fsp3) is 0.300. The van der Waals surface area contributed by atoms with E-state index in [1.54, 1.807) is 31.2 Å². The van der Waals surface area contributed by atoms with E-state index in [-0.39, 0.29) is 18.0 Å². The smallest absolute Gasteiger partial charge is 0.319 e. The van der Waals surface area contributed by atoms with Crippen molar-refractivity contribution in [2.75, 3.05) is 10.6 Å². The van der Waals surface area contributed by atoms with Gasteiger partial charge in [0.2, 0.25) is 5.91 Å². The summed E-state index contributed by atoms with van der Waals surface area (Å²) in [7, 11) is 0. The number of anilines is 2. The van der Waals surface area contributed by atoms with Crippen molar-refractivity contribution in [2.24, 2.45) is 11.7 Å². The number of amides is 3. The van der Waals surface area contributed by atoms with Crippen molar-refractivity contribution in [2.45, 2.75) is 32.9 Å². The fourth-order valence-corrected chi connectivity index (χ4v) is 2.50. The predicted octanol–water partition coefficient (Wildman–Crippen LogP) is 3.49. The Hall–Kier alpha value is -2.86.